The van der Waals surface area contributed by atoms with Crippen LogP contribution >= 0.6 is 0 Å². The lowest BCUT2D eigenvalue weighted by Gasteiger charge is -2.11. The minimum absolute atomic E-state index is 0.0994. The monoisotopic (exact) mass is 236 g/mol. The standard InChI is InChI=1S/C13H13FO3/c1-7(13(16)17)11(8-5-6-8)9-3-2-4-10(15)12(9)14/h2-4,8,15H,5-6H2,1H3,(H,16,17). The van der Waals surface area contributed by atoms with Crippen molar-refractivity contribution in [2.45, 2.75) is 19.8 Å². The third-order valence-corrected chi connectivity index (χ3v) is 2.98. The van der Waals surface area contributed by atoms with Gasteiger partial charge in [0.25, 0.3) is 0 Å². The van der Waals surface area contributed by atoms with Gasteiger partial charge in [-0.25, -0.2) is 9.18 Å². The zero-order chi connectivity index (χ0) is 12.6. The van der Waals surface area contributed by atoms with Crippen LogP contribution in [-0.4, -0.2) is 16.2 Å². The minimum Gasteiger partial charge on any atom is -0.505 e. The summed E-state index contributed by atoms with van der Waals surface area (Å²) in [6, 6.07) is 4.28. The van der Waals surface area contributed by atoms with Gasteiger partial charge in [-0.1, -0.05) is 12.1 Å². The highest BCUT2D eigenvalue weighted by atomic mass is 19.1. The molecule has 1 aromatic carbocycles. The Bertz CT molecular complexity index is 501. The zero-order valence-corrected chi connectivity index (χ0v) is 9.40. The average Bonchev–Trinajstić information content (AvgIpc) is 3.08. The van der Waals surface area contributed by atoms with E-state index in [1.807, 2.05) is 0 Å². The van der Waals surface area contributed by atoms with Crippen LogP contribution in [0.2, 0.25) is 0 Å². The molecule has 0 spiro atoms. The molecule has 2 rings (SSSR count). The third kappa shape index (κ3) is 2.16. The predicted octanol–water partition coefficient (Wildman–Crippen LogP) is 2.80. The number of aliphatic carboxylic acids is 1. The van der Waals surface area contributed by atoms with Crippen LogP contribution in [0.1, 0.15) is 25.3 Å². The van der Waals surface area contributed by atoms with Gasteiger partial charge < -0.3 is 10.2 Å². The second kappa shape index (κ2) is 4.20. The van der Waals surface area contributed by atoms with E-state index < -0.39 is 17.5 Å². The lowest BCUT2D eigenvalue weighted by atomic mass is 9.95. The third-order valence-electron chi connectivity index (χ3n) is 2.98. The lowest BCUT2D eigenvalue weighted by Crippen LogP contribution is -2.04. The molecule has 1 aromatic rings. The summed E-state index contributed by atoms with van der Waals surface area (Å²) in [7, 11) is 0. The number of allylic oxidation sites excluding steroid dienone is 1. The van der Waals surface area contributed by atoms with Crippen molar-refractivity contribution >= 4 is 11.5 Å². The first kappa shape index (κ1) is 11.6. The molecule has 0 atom stereocenters. The minimum atomic E-state index is -1.05. The molecular formula is C13H13FO3. The largest absolute Gasteiger partial charge is 0.505 e. The van der Waals surface area contributed by atoms with E-state index in [-0.39, 0.29) is 17.1 Å². The summed E-state index contributed by atoms with van der Waals surface area (Å²) >= 11 is 0. The molecular weight excluding hydrogens is 223 g/mol. The summed E-state index contributed by atoms with van der Waals surface area (Å²) in [6.07, 6.45) is 1.74. The molecule has 0 aliphatic heterocycles. The van der Waals surface area contributed by atoms with E-state index in [1.54, 1.807) is 0 Å². The number of carbonyl (C=O) groups is 1. The van der Waals surface area contributed by atoms with Crippen LogP contribution in [-0.2, 0) is 4.79 Å². The highest BCUT2D eigenvalue weighted by Gasteiger charge is 2.32. The molecule has 0 saturated heterocycles. The van der Waals surface area contributed by atoms with Gasteiger partial charge in [-0.2, -0.15) is 0 Å². The first-order chi connectivity index (χ1) is 8.02. The maximum Gasteiger partial charge on any atom is 0.331 e. The van der Waals surface area contributed by atoms with Gasteiger partial charge in [0.2, 0.25) is 0 Å². The van der Waals surface area contributed by atoms with Crippen LogP contribution in [0.25, 0.3) is 5.57 Å². The average molecular weight is 236 g/mol. The summed E-state index contributed by atoms with van der Waals surface area (Å²) in [5.74, 6) is -2.13. The van der Waals surface area contributed by atoms with E-state index in [9.17, 15) is 14.3 Å². The number of carboxylic acid groups (broad SMARTS) is 1. The number of benzene rings is 1. The van der Waals surface area contributed by atoms with E-state index >= 15 is 0 Å². The summed E-state index contributed by atoms with van der Waals surface area (Å²) in [4.78, 5) is 11.0. The summed E-state index contributed by atoms with van der Waals surface area (Å²) < 4.78 is 13.8. The van der Waals surface area contributed by atoms with Crippen molar-refractivity contribution in [3.63, 3.8) is 0 Å². The molecule has 0 radical (unpaired) electrons. The van der Waals surface area contributed by atoms with E-state index in [0.29, 0.717) is 5.57 Å². The number of halogens is 1. The van der Waals surface area contributed by atoms with Crippen LogP contribution in [0.15, 0.2) is 23.8 Å². The van der Waals surface area contributed by atoms with Crippen LogP contribution in [0, 0.1) is 11.7 Å². The number of phenols is 1. The molecule has 1 fully saturated rings. The number of carboxylic acids is 1. The highest BCUT2D eigenvalue weighted by Crippen LogP contribution is 2.45. The molecule has 0 bridgehead atoms. The van der Waals surface area contributed by atoms with Gasteiger partial charge in [0.1, 0.15) is 0 Å². The lowest BCUT2D eigenvalue weighted by molar-refractivity contribution is -0.132. The van der Waals surface area contributed by atoms with Crippen molar-refractivity contribution in [2.75, 3.05) is 0 Å². The molecule has 3 nitrogen and oxygen atoms in total. The van der Waals surface area contributed by atoms with Crippen LogP contribution in [0.3, 0.4) is 0 Å². The second-order valence-corrected chi connectivity index (χ2v) is 4.26. The Labute approximate surface area is 98.2 Å². The Morgan fingerprint density at radius 2 is 2.06 bits per heavy atom. The topological polar surface area (TPSA) is 57.5 Å². The van der Waals surface area contributed by atoms with Crippen LogP contribution in [0.5, 0.6) is 5.75 Å². The summed E-state index contributed by atoms with van der Waals surface area (Å²) in [6.45, 7) is 1.47. The van der Waals surface area contributed by atoms with Gasteiger partial charge in [-0.3, -0.25) is 0 Å². The fraction of sp³-hybridized carbons (Fsp3) is 0.308. The van der Waals surface area contributed by atoms with Gasteiger partial charge in [0.05, 0.1) is 0 Å². The Kier molecular flexibility index (Phi) is 2.88. The van der Waals surface area contributed by atoms with Gasteiger partial charge in [-0.15, -0.1) is 0 Å². The molecule has 1 aliphatic carbocycles. The van der Waals surface area contributed by atoms with Crippen molar-refractivity contribution in [1.82, 2.24) is 0 Å². The molecule has 0 heterocycles. The summed E-state index contributed by atoms with van der Waals surface area (Å²) in [5, 5.41) is 18.3. The van der Waals surface area contributed by atoms with Crippen molar-refractivity contribution in [2.24, 2.45) is 5.92 Å². The number of rotatable bonds is 3. The number of hydrogen-bond acceptors (Lipinski definition) is 2. The van der Waals surface area contributed by atoms with Crippen LogP contribution < -0.4 is 0 Å². The maximum atomic E-state index is 13.8. The second-order valence-electron chi connectivity index (χ2n) is 4.26. The number of aromatic hydroxyl groups is 1. The van der Waals surface area contributed by atoms with Crippen molar-refractivity contribution in [1.29, 1.82) is 0 Å². The first-order valence-corrected chi connectivity index (χ1v) is 5.44. The van der Waals surface area contributed by atoms with E-state index in [4.69, 9.17) is 5.11 Å². The van der Waals surface area contributed by atoms with Gasteiger partial charge in [0.15, 0.2) is 11.6 Å². The van der Waals surface area contributed by atoms with Gasteiger partial charge >= 0.3 is 5.97 Å². The van der Waals surface area contributed by atoms with E-state index in [1.165, 1.54) is 25.1 Å². The number of phenolic OH excluding ortho intramolecular Hbond substituents is 1. The number of hydrogen-bond donors (Lipinski definition) is 2. The SMILES string of the molecule is CC(C(=O)O)=C(c1cccc(O)c1F)C1CC1. The quantitative estimate of drug-likeness (QED) is 0.793. The van der Waals surface area contributed by atoms with E-state index in [0.717, 1.165) is 12.8 Å². The van der Waals surface area contributed by atoms with Crippen molar-refractivity contribution in [3.05, 3.63) is 35.2 Å². The Morgan fingerprint density at radius 1 is 1.41 bits per heavy atom. The normalized spacial score (nSPS) is 16.6. The molecule has 0 aromatic heterocycles. The van der Waals surface area contributed by atoms with Gasteiger partial charge in [-0.05, 0) is 37.3 Å². The predicted molar refractivity (Wildman–Crippen MR) is 61.0 cm³/mol. The fourth-order valence-electron chi connectivity index (χ4n) is 1.94. The smallest absolute Gasteiger partial charge is 0.331 e. The highest BCUT2D eigenvalue weighted by molar-refractivity contribution is 5.96. The Balaban J connectivity index is 2.58. The first-order valence-electron chi connectivity index (χ1n) is 5.44. The molecule has 90 valence electrons. The molecule has 1 aliphatic rings. The molecule has 0 unspecified atom stereocenters. The molecule has 0 amide bonds. The molecule has 17 heavy (non-hydrogen) atoms. The zero-order valence-electron chi connectivity index (χ0n) is 9.40. The van der Waals surface area contributed by atoms with E-state index in [2.05, 4.69) is 0 Å². The molecule has 2 N–H and O–H groups in total. The fourth-order valence-corrected chi connectivity index (χ4v) is 1.94. The van der Waals surface area contributed by atoms with Crippen molar-refractivity contribution in [3.8, 4) is 5.75 Å². The van der Waals surface area contributed by atoms with Gasteiger partial charge in [0, 0.05) is 11.1 Å². The maximum absolute atomic E-state index is 13.8. The summed E-state index contributed by atoms with van der Waals surface area (Å²) in [5.41, 5.74) is 0.857. The van der Waals surface area contributed by atoms with Crippen LogP contribution in [0.4, 0.5) is 4.39 Å². The molecule has 4 heteroatoms. The Morgan fingerprint density at radius 3 is 2.59 bits per heavy atom. The molecule has 1 saturated carbocycles. The Hall–Kier alpha value is -1.84. The van der Waals surface area contributed by atoms with Crippen molar-refractivity contribution < 1.29 is 19.4 Å².